The van der Waals surface area contributed by atoms with Gasteiger partial charge in [0.15, 0.2) is 0 Å². The summed E-state index contributed by atoms with van der Waals surface area (Å²) in [5.41, 5.74) is -0.311. The molecule has 1 unspecified atom stereocenters. The number of fused-ring (bicyclic) bond motifs is 3. The lowest BCUT2D eigenvalue weighted by Gasteiger charge is -2.68. The lowest BCUT2D eigenvalue weighted by molar-refractivity contribution is -0.243. The third kappa shape index (κ3) is 3.58. The molecule has 0 saturated heterocycles. The summed E-state index contributed by atoms with van der Waals surface area (Å²) in [4.78, 5) is 0. The van der Waals surface area contributed by atoms with Gasteiger partial charge in [0.2, 0.25) is 0 Å². The minimum absolute atomic E-state index is 0.0151. The lowest BCUT2D eigenvalue weighted by atomic mass is 9.37. The Bertz CT molecular complexity index is 556. The first-order valence-corrected chi connectivity index (χ1v) is 11.9. The van der Waals surface area contributed by atoms with Gasteiger partial charge in [0.1, 0.15) is 0 Å². The van der Waals surface area contributed by atoms with E-state index in [1.807, 2.05) is 6.92 Å². The molecule has 3 heteroatoms. The number of aliphatic hydroxyl groups is 3. The SMILES string of the molecule is CC(CCO)CC[C@H]1[C@]2(C)C[C@H](O)[C@H]3C(C)(C)CCC[C@]3(C)[C@H]2CC[C@]1(C)O. The lowest BCUT2D eigenvalue weighted by Crippen LogP contribution is -2.66. The molecule has 3 nitrogen and oxygen atoms in total. The van der Waals surface area contributed by atoms with Gasteiger partial charge in [-0.3, -0.25) is 0 Å². The van der Waals surface area contributed by atoms with Crippen LogP contribution in [0.4, 0.5) is 0 Å². The summed E-state index contributed by atoms with van der Waals surface area (Å²) in [6.07, 6.45) is 9.10. The Morgan fingerprint density at radius 1 is 0.964 bits per heavy atom. The van der Waals surface area contributed by atoms with E-state index in [4.69, 9.17) is 0 Å². The summed E-state index contributed by atoms with van der Waals surface area (Å²) in [5.74, 6) is 1.64. The molecule has 3 rings (SSSR count). The van der Waals surface area contributed by atoms with Crippen molar-refractivity contribution in [3.63, 3.8) is 0 Å². The average molecular weight is 395 g/mol. The van der Waals surface area contributed by atoms with E-state index in [9.17, 15) is 15.3 Å². The van der Waals surface area contributed by atoms with Crippen LogP contribution in [0.25, 0.3) is 0 Å². The van der Waals surface area contributed by atoms with Crippen LogP contribution in [-0.4, -0.2) is 33.6 Å². The molecule has 3 aliphatic rings. The van der Waals surface area contributed by atoms with Crippen LogP contribution in [0.5, 0.6) is 0 Å². The van der Waals surface area contributed by atoms with Crippen molar-refractivity contribution < 1.29 is 15.3 Å². The van der Waals surface area contributed by atoms with Gasteiger partial charge in [-0.05, 0) is 91.8 Å². The fourth-order valence-electron chi connectivity index (χ4n) is 8.77. The predicted molar refractivity (Wildman–Crippen MR) is 115 cm³/mol. The van der Waals surface area contributed by atoms with Crippen molar-refractivity contribution in [1.29, 1.82) is 0 Å². The van der Waals surface area contributed by atoms with Crippen molar-refractivity contribution in [2.45, 2.75) is 111 Å². The van der Waals surface area contributed by atoms with E-state index in [1.54, 1.807) is 0 Å². The molecule has 0 heterocycles. The minimum Gasteiger partial charge on any atom is -0.396 e. The van der Waals surface area contributed by atoms with Crippen LogP contribution in [0.1, 0.15) is 99.3 Å². The number of aliphatic hydroxyl groups excluding tert-OH is 2. The van der Waals surface area contributed by atoms with Crippen LogP contribution in [0.2, 0.25) is 0 Å². The highest BCUT2D eigenvalue weighted by Crippen LogP contribution is 2.70. The molecule has 0 aromatic heterocycles. The first-order chi connectivity index (χ1) is 12.9. The van der Waals surface area contributed by atoms with Gasteiger partial charge in [0, 0.05) is 6.61 Å². The van der Waals surface area contributed by atoms with Crippen molar-refractivity contribution in [1.82, 2.24) is 0 Å². The maximum Gasteiger partial charge on any atom is 0.0653 e. The van der Waals surface area contributed by atoms with Crippen molar-refractivity contribution in [2.24, 2.45) is 39.9 Å². The quantitative estimate of drug-likeness (QED) is 0.603. The van der Waals surface area contributed by atoms with Crippen LogP contribution >= 0.6 is 0 Å². The molecule has 3 saturated carbocycles. The first kappa shape index (κ1) is 22.6. The molecular weight excluding hydrogens is 348 g/mol. The predicted octanol–water partition coefficient (Wildman–Crippen LogP) is 5.17. The molecule has 164 valence electrons. The van der Waals surface area contributed by atoms with E-state index in [0.717, 1.165) is 38.5 Å². The molecule has 0 bridgehead atoms. The zero-order valence-electron chi connectivity index (χ0n) is 19.3. The highest BCUT2D eigenvalue weighted by molar-refractivity contribution is 5.15. The number of hydrogen-bond acceptors (Lipinski definition) is 3. The molecule has 3 aliphatic carbocycles. The molecule has 0 radical (unpaired) electrons. The van der Waals surface area contributed by atoms with Gasteiger partial charge in [0.25, 0.3) is 0 Å². The standard InChI is InChI=1S/C25H46O3/c1-17(11-15-26)8-9-20-24(5)16-18(27)21-22(2,3)12-7-13-23(21,4)19(24)10-14-25(20,6)28/h17-21,26-28H,7-16H2,1-6H3/t17?,18-,19+,20-,21-,23+,24+,25-/m0/s1. The Morgan fingerprint density at radius 3 is 2.29 bits per heavy atom. The molecule has 3 fully saturated rings. The van der Waals surface area contributed by atoms with Gasteiger partial charge in [-0.15, -0.1) is 0 Å². The Kier molecular flexibility index (Phi) is 6.07. The van der Waals surface area contributed by atoms with E-state index in [0.29, 0.717) is 17.8 Å². The van der Waals surface area contributed by atoms with Crippen LogP contribution in [0.3, 0.4) is 0 Å². The van der Waals surface area contributed by atoms with Crippen LogP contribution in [0, 0.1) is 39.9 Å². The topological polar surface area (TPSA) is 60.7 Å². The number of rotatable bonds is 5. The fraction of sp³-hybridized carbons (Fsp3) is 1.00. The Morgan fingerprint density at radius 2 is 1.64 bits per heavy atom. The highest BCUT2D eigenvalue weighted by Gasteiger charge is 2.66. The molecule has 0 aromatic rings. The molecule has 28 heavy (non-hydrogen) atoms. The second kappa shape index (κ2) is 7.54. The monoisotopic (exact) mass is 394 g/mol. The summed E-state index contributed by atoms with van der Waals surface area (Å²) in [6.45, 7) is 14.1. The Balaban J connectivity index is 1.94. The second-order valence-corrected chi connectivity index (χ2v) is 12.3. The largest absolute Gasteiger partial charge is 0.396 e. The Hall–Kier alpha value is -0.120. The van der Waals surface area contributed by atoms with Crippen molar-refractivity contribution in [3.8, 4) is 0 Å². The Labute approximate surface area is 173 Å². The van der Waals surface area contributed by atoms with Crippen LogP contribution in [0.15, 0.2) is 0 Å². The molecule has 0 spiro atoms. The third-order valence-corrected chi connectivity index (χ3v) is 9.77. The number of hydrogen-bond donors (Lipinski definition) is 3. The van der Waals surface area contributed by atoms with E-state index in [2.05, 4.69) is 34.6 Å². The first-order valence-electron chi connectivity index (χ1n) is 11.9. The minimum atomic E-state index is -0.655. The molecule has 0 aliphatic heterocycles. The van der Waals surface area contributed by atoms with E-state index >= 15 is 0 Å². The molecule has 0 aromatic carbocycles. The van der Waals surface area contributed by atoms with Crippen LogP contribution in [-0.2, 0) is 0 Å². The summed E-state index contributed by atoms with van der Waals surface area (Å²) >= 11 is 0. The highest BCUT2D eigenvalue weighted by atomic mass is 16.3. The smallest absolute Gasteiger partial charge is 0.0653 e. The zero-order chi connectivity index (χ0) is 21.0. The van der Waals surface area contributed by atoms with Crippen molar-refractivity contribution in [3.05, 3.63) is 0 Å². The van der Waals surface area contributed by atoms with Gasteiger partial charge in [-0.1, -0.05) is 47.5 Å². The third-order valence-electron chi connectivity index (χ3n) is 9.77. The van der Waals surface area contributed by atoms with E-state index in [1.165, 1.54) is 19.3 Å². The molecular formula is C25H46O3. The maximum atomic E-state index is 11.4. The molecule has 3 N–H and O–H groups in total. The molecule has 8 atom stereocenters. The van der Waals surface area contributed by atoms with Gasteiger partial charge in [0.05, 0.1) is 11.7 Å². The molecule has 0 amide bonds. The normalized spacial score (nSPS) is 49.2. The van der Waals surface area contributed by atoms with Gasteiger partial charge < -0.3 is 15.3 Å². The summed E-state index contributed by atoms with van der Waals surface area (Å²) in [5, 5.41) is 32.1. The summed E-state index contributed by atoms with van der Waals surface area (Å²) in [7, 11) is 0. The van der Waals surface area contributed by atoms with Crippen molar-refractivity contribution in [2.75, 3.05) is 6.61 Å². The summed E-state index contributed by atoms with van der Waals surface area (Å²) in [6, 6.07) is 0. The zero-order valence-corrected chi connectivity index (χ0v) is 19.3. The average Bonchev–Trinajstić information content (AvgIpc) is 2.51. The van der Waals surface area contributed by atoms with E-state index in [-0.39, 0.29) is 34.9 Å². The fourth-order valence-corrected chi connectivity index (χ4v) is 8.77. The van der Waals surface area contributed by atoms with Crippen molar-refractivity contribution >= 4 is 0 Å². The summed E-state index contributed by atoms with van der Waals surface area (Å²) < 4.78 is 0. The second-order valence-electron chi connectivity index (χ2n) is 12.3. The van der Waals surface area contributed by atoms with Gasteiger partial charge in [-0.25, -0.2) is 0 Å². The van der Waals surface area contributed by atoms with Gasteiger partial charge >= 0.3 is 0 Å². The van der Waals surface area contributed by atoms with Gasteiger partial charge in [-0.2, -0.15) is 0 Å². The van der Waals surface area contributed by atoms with Crippen LogP contribution < -0.4 is 0 Å². The van der Waals surface area contributed by atoms with E-state index < -0.39 is 5.60 Å². The maximum absolute atomic E-state index is 11.4.